The van der Waals surface area contributed by atoms with E-state index < -0.39 is 0 Å². The molecule has 0 bridgehead atoms. The highest BCUT2D eigenvalue weighted by Gasteiger charge is 2.21. The average molecular weight is 215 g/mol. The summed E-state index contributed by atoms with van der Waals surface area (Å²) in [5.41, 5.74) is 0. The van der Waals surface area contributed by atoms with Gasteiger partial charge >= 0.3 is 0 Å². The minimum atomic E-state index is 0.241. The van der Waals surface area contributed by atoms with E-state index in [9.17, 15) is 5.11 Å². The molecule has 0 aliphatic carbocycles. The van der Waals surface area contributed by atoms with Crippen LogP contribution in [-0.2, 0) is 0 Å². The SMILES string of the molecule is CC1CCNC(CO)CN1CCN(C)C. The Morgan fingerprint density at radius 2 is 2.20 bits per heavy atom. The van der Waals surface area contributed by atoms with Gasteiger partial charge in [0.25, 0.3) is 0 Å². The van der Waals surface area contributed by atoms with E-state index in [0.29, 0.717) is 6.04 Å². The van der Waals surface area contributed by atoms with Crippen LogP contribution in [0.1, 0.15) is 13.3 Å². The number of hydrogen-bond acceptors (Lipinski definition) is 4. The Hall–Kier alpha value is -0.160. The molecule has 1 rings (SSSR count). The molecule has 0 aromatic heterocycles. The summed E-state index contributed by atoms with van der Waals surface area (Å²) >= 11 is 0. The fourth-order valence-corrected chi connectivity index (χ4v) is 1.97. The maximum absolute atomic E-state index is 9.20. The summed E-state index contributed by atoms with van der Waals surface area (Å²) in [4.78, 5) is 4.68. The largest absolute Gasteiger partial charge is 0.395 e. The lowest BCUT2D eigenvalue weighted by atomic mass is 10.2. The number of aliphatic hydroxyl groups is 1. The van der Waals surface area contributed by atoms with E-state index in [4.69, 9.17) is 0 Å². The average Bonchev–Trinajstić information content (AvgIpc) is 2.37. The highest BCUT2D eigenvalue weighted by Crippen LogP contribution is 2.08. The van der Waals surface area contributed by atoms with Gasteiger partial charge in [-0.05, 0) is 34.0 Å². The molecule has 90 valence electrons. The molecule has 2 atom stereocenters. The zero-order valence-corrected chi connectivity index (χ0v) is 10.2. The van der Waals surface area contributed by atoms with Crippen LogP contribution in [0.4, 0.5) is 0 Å². The Bertz CT molecular complexity index is 175. The summed E-state index contributed by atoms with van der Waals surface area (Å²) in [5, 5.41) is 12.6. The summed E-state index contributed by atoms with van der Waals surface area (Å²) in [5.74, 6) is 0. The number of rotatable bonds is 4. The van der Waals surface area contributed by atoms with Crippen molar-refractivity contribution in [2.75, 3.05) is 46.9 Å². The van der Waals surface area contributed by atoms with Crippen molar-refractivity contribution in [2.24, 2.45) is 0 Å². The van der Waals surface area contributed by atoms with Crippen LogP contribution in [0.5, 0.6) is 0 Å². The lowest BCUT2D eigenvalue weighted by Gasteiger charge is -2.29. The molecule has 1 saturated heterocycles. The van der Waals surface area contributed by atoms with E-state index in [2.05, 4.69) is 36.1 Å². The van der Waals surface area contributed by atoms with Crippen molar-refractivity contribution < 1.29 is 5.11 Å². The minimum Gasteiger partial charge on any atom is -0.395 e. The first-order chi connectivity index (χ1) is 7.13. The summed E-state index contributed by atoms with van der Waals surface area (Å²) in [6.45, 7) is 6.67. The van der Waals surface area contributed by atoms with Crippen LogP contribution >= 0.6 is 0 Å². The molecule has 0 aromatic carbocycles. The van der Waals surface area contributed by atoms with Crippen LogP contribution in [-0.4, -0.2) is 73.9 Å². The van der Waals surface area contributed by atoms with Crippen molar-refractivity contribution >= 4 is 0 Å². The highest BCUT2D eigenvalue weighted by molar-refractivity contribution is 4.80. The zero-order chi connectivity index (χ0) is 11.3. The first kappa shape index (κ1) is 12.9. The normalized spacial score (nSPS) is 29.4. The van der Waals surface area contributed by atoms with Crippen molar-refractivity contribution in [1.82, 2.24) is 15.1 Å². The van der Waals surface area contributed by atoms with E-state index in [1.54, 1.807) is 0 Å². The topological polar surface area (TPSA) is 38.7 Å². The van der Waals surface area contributed by atoms with Gasteiger partial charge in [-0.2, -0.15) is 0 Å². The predicted octanol–water partition coefficient (Wildman–Crippen LogP) is -0.407. The Labute approximate surface area is 93.2 Å². The summed E-state index contributed by atoms with van der Waals surface area (Å²) < 4.78 is 0. The number of likely N-dealkylation sites (N-methyl/N-ethyl adjacent to an activating group) is 1. The van der Waals surface area contributed by atoms with Crippen LogP contribution in [0.25, 0.3) is 0 Å². The number of nitrogens with one attached hydrogen (secondary N) is 1. The quantitative estimate of drug-likeness (QED) is 0.669. The second kappa shape index (κ2) is 6.43. The molecule has 2 N–H and O–H groups in total. The van der Waals surface area contributed by atoms with Gasteiger partial charge in [-0.3, -0.25) is 4.90 Å². The first-order valence-electron chi connectivity index (χ1n) is 5.86. The Kier molecular flexibility index (Phi) is 5.53. The monoisotopic (exact) mass is 215 g/mol. The van der Waals surface area contributed by atoms with E-state index in [1.807, 2.05) is 0 Å². The van der Waals surface area contributed by atoms with Crippen LogP contribution in [0.3, 0.4) is 0 Å². The molecule has 1 aliphatic rings. The third-order valence-electron chi connectivity index (χ3n) is 3.13. The molecule has 0 radical (unpaired) electrons. The van der Waals surface area contributed by atoms with E-state index in [-0.39, 0.29) is 12.6 Å². The molecule has 1 fully saturated rings. The van der Waals surface area contributed by atoms with Crippen LogP contribution in [0.2, 0.25) is 0 Å². The van der Waals surface area contributed by atoms with Crippen LogP contribution < -0.4 is 5.32 Å². The number of nitrogens with zero attached hydrogens (tertiary/aromatic N) is 2. The van der Waals surface area contributed by atoms with Crippen LogP contribution in [0.15, 0.2) is 0 Å². The maximum Gasteiger partial charge on any atom is 0.0597 e. The second-order valence-electron chi connectivity index (χ2n) is 4.77. The molecule has 15 heavy (non-hydrogen) atoms. The van der Waals surface area contributed by atoms with Crippen molar-refractivity contribution in [2.45, 2.75) is 25.4 Å². The Morgan fingerprint density at radius 3 is 2.80 bits per heavy atom. The predicted molar refractivity (Wildman–Crippen MR) is 63.1 cm³/mol. The van der Waals surface area contributed by atoms with Gasteiger partial charge in [0.2, 0.25) is 0 Å². The standard InChI is InChI=1S/C11H25N3O/c1-10-4-5-12-11(9-15)8-14(10)7-6-13(2)3/h10-12,15H,4-9H2,1-3H3. The summed E-state index contributed by atoms with van der Waals surface area (Å²) in [6.07, 6.45) is 1.17. The van der Waals surface area contributed by atoms with Crippen molar-refractivity contribution in [3.05, 3.63) is 0 Å². The number of aliphatic hydroxyl groups excluding tert-OH is 1. The maximum atomic E-state index is 9.20. The molecule has 4 heteroatoms. The van der Waals surface area contributed by atoms with Crippen molar-refractivity contribution in [3.63, 3.8) is 0 Å². The molecule has 0 aromatic rings. The van der Waals surface area contributed by atoms with E-state index >= 15 is 0 Å². The number of hydrogen-bond donors (Lipinski definition) is 2. The fraction of sp³-hybridized carbons (Fsp3) is 1.00. The van der Waals surface area contributed by atoms with Crippen molar-refractivity contribution in [1.29, 1.82) is 0 Å². The molecule has 0 amide bonds. The third kappa shape index (κ3) is 4.47. The Balaban J connectivity index is 2.42. The third-order valence-corrected chi connectivity index (χ3v) is 3.13. The molecule has 4 nitrogen and oxygen atoms in total. The van der Waals surface area contributed by atoms with Gasteiger partial charge in [0.1, 0.15) is 0 Å². The molecule has 0 saturated carbocycles. The molecule has 0 spiro atoms. The summed E-state index contributed by atoms with van der Waals surface area (Å²) in [6, 6.07) is 0.867. The second-order valence-corrected chi connectivity index (χ2v) is 4.77. The van der Waals surface area contributed by atoms with Gasteiger partial charge in [0, 0.05) is 31.7 Å². The zero-order valence-electron chi connectivity index (χ0n) is 10.2. The lowest BCUT2D eigenvalue weighted by molar-refractivity contribution is 0.160. The van der Waals surface area contributed by atoms with Crippen LogP contribution in [0, 0.1) is 0 Å². The van der Waals surface area contributed by atoms with Gasteiger partial charge < -0.3 is 15.3 Å². The van der Waals surface area contributed by atoms with E-state index in [1.165, 1.54) is 6.42 Å². The first-order valence-corrected chi connectivity index (χ1v) is 5.86. The minimum absolute atomic E-state index is 0.241. The van der Waals surface area contributed by atoms with Gasteiger partial charge in [-0.25, -0.2) is 0 Å². The van der Waals surface area contributed by atoms with Crippen molar-refractivity contribution in [3.8, 4) is 0 Å². The molecular weight excluding hydrogens is 190 g/mol. The molecule has 2 unspecified atom stereocenters. The fourth-order valence-electron chi connectivity index (χ4n) is 1.97. The molecular formula is C11H25N3O. The van der Waals surface area contributed by atoms with Gasteiger partial charge in [0.15, 0.2) is 0 Å². The van der Waals surface area contributed by atoms with Gasteiger partial charge in [-0.1, -0.05) is 0 Å². The lowest BCUT2D eigenvalue weighted by Crippen LogP contribution is -2.44. The molecule has 1 aliphatic heterocycles. The van der Waals surface area contributed by atoms with E-state index in [0.717, 1.165) is 26.2 Å². The molecule has 1 heterocycles. The Morgan fingerprint density at radius 1 is 1.47 bits per heavy atom. The summed E-state index contributed by atoms with van der Waals surface area (Å²) in [7, 11) is 4.20. The van der Waals surface area contributed by atoms with Gasteiger partial charge in [0.05, 0.1) is 6.61 Å². The van der Waals surface area contributed by atoms with Gasteiger partial charge in [-0.15, -0.1) is 0 Å². The smallest absolute Gasteiger partial charge is 0.0597 e. The highest BCUT2D eigenvalue weighted by atomic mass is 16.3.